The van der Waals surface area contributed by atoms with Gasteiger partial charge in [-0.15, -0.1) is 12.6 Å². The van der Waals surface area contributed by atoms with E-state index >= 15 is 0 Å². The maximum absolute atomic E-state index is 11.9. The first kappa shape index (κ1) is 12.5. The molecule has 0 radical (unpaired) electrons. The van der Waals surface area contributed by atoms with Crippen molar-refractivity contribution < 1.29 is 14.8 Å². The van der Waals surface area contributed by atoms with E-state index in [1.54, 1.807) is 0 Å². The predicted octanol–water partition coefficient (Wildman–Crippen LogP) is 1.76. The van der Waals surface area contributed by atoms with Crippen LogP contribution in [0.1, 0.15) is 39.0 Å². The minimum absolute atomic E-state index is 0.115. The second kappa shape index (κ2) is 4.38. The van der Waals surface area contributed by atoms with E-state index in [1.165, 1.54) is 6.92 Å². The van der Waals surface area contributed by atoms with Crippen molar-refractivity contribution in [3.8, 4) is 0 Å². The molecule has 6 nitrogen and oxygen atoms in total. The van der Waals surface area contributed by atoms with Gasteiger partial charge < -0.3 is 5.32 Å². The fourth-order valence-electron chi connectivity index (χ4n) is 2.35. The van der Waals surface area contributed by atoms with Crippen molar-refractivity contribution in [2.24, 2.45) is 0 Å². The second-order valence-electron chi connectivity index (χ2n) is 4.71. The first-order valence-electron chi connectivity index (χ1n) is 5.80. The molecule has 0 spiro atoms. The molecule has 1 aliphatic carbocycles. The number of rotatable bonds is 1. The lowest BCUT2D eigenvalue weighted by molar-refractivity contribution is -0.114. The molecule has 1 heterocycles. The van der Waals surface area contributed by atoms with Crippen molar-refractivity contribution in [2.75, 3.05) is 0 Å². The van der Waals surface area contributed by atoms with Crippen molar-refractivity contribution in [3.63, 3.8) is 0 Å². The van der Waals surface area contributed by atoms with E-state index in [0.29, 0.717) is 5.06 Å². The minimum Gasteiger partial charge on any atom is -0.304 e. The summed E-state index contributed by atoms with van der Waals surface area (Å²) >= 11 is 4.03. The predicted molar refractivity (Wildman–Crippen MR) is 63.7 cm³/mol. The van der Waals surface area contributed by atoms with Crippen LogP contribution in [0.3, 0.4) is 0 Å². The van der Waals surface area contributed by atoms with E-state index in [4.69, 9.17) is 0 Å². The van der Waals surface area contributed by atoms with Crippen LogP contribution in [0.4, 0.5) is 9.59 Å². The van der Waals surface area contributed by atoms with Gasteiger partial charge in [0, 0.05) is 6.04 Å². The maximum atomic E-state index is 11.9. The Kier molecular flexibility index (Phi) is 3.22. The highest BCUT2D eigenvalue weighted by Gasteiger charge is 2.46. The standard InChI is InChI=1S/C10H17N3O3S/c1-10(17)11-8(14)12(9(15)13(10)16)7-5-3-2-4-6-7/h7,16-17H,2-6H2,1H3,(H,11,14). The lowest BCUT2D eigenvalue weighted by Gasteiger charge is -2.44. The summed E-state index contributed by atoms with van der Waals surface area (Å²) in [4.78, 5) is 23.6. The van der Waals surface area contributed by atoms with Crippen molar-refractivity contribution in [1.29, 1.82) is 0 Å². The molecule has 4 amide bonds. The molecular weight excluding hydrogens is 242 g/mol. The Balaban J connectivity index is 2.17. The number of urea groups is 2. The van der Waals surface area contributed by atoms with E-state index in [0.717, 1.165) is 37.0 Å². The fraction of sp³-hybridized carbons (Fsp3) is 0.800. The molecule has 17 heavy (non-hydrogen) atoms. The third-order valence-electron chi connectivity index (χ3n) is 3.30. The Morgan fingerprint density at radius 1 is 1.35 bits per heavy atom. The molecular formula is C10H17N3O3S. The highest BCUT2D eigenvalue weighted by atomic mass is 32.1. The molecule has 1 atom stereocenters. The number of hydrogen-bond donors (Lipinski definition) is 3. The van der Waals surface area contributed by atoms with Crippen LogP contribution in [0, 0.1) is 0 Å². The summed E-state index contributed by atoms with van der Waals surface area (Å²) in [5.74, 6) is 0. The first-order chi connectivity index (χ1) is 7.93. The normalized spacial score (nSPS) is 31.7. The molecule has 0 aromatic rings. The number of hydrogen-bond acceptors (Lipinski definition) is 4. The minimum atomic E-state index is -1.35. The van der Waals surface area contributed by atoms with Crippen LogP contribution in [-0.2, 0) is 0 Å². The van der Waals surface area contributed by atoms with Crippen LogP contribution in [0.15, 0.2) is 0 Å². The van der Waals surface area contributed by atoms with Gasteiger partial charge in [-0.3, -0.25) is 5.21 Å². The Morgan fingerprint density at radius 3 is 2.53 bits per heavy atom. The summed E-state index contributed by atoms with van der Waals surface area (Å²) in [6, 6.07) is -1.29. The van der Waals surface area contributed by atoms with Gasteiger partial charge in [-0.05, 0) is 19.8 Å². The maximum Gasteiger partial charge on any atom is 0.355 e. The average molecular weight is 259 g/mol. The molecule has 7 heteroatoms. The smallest absolute Gasteiger partial charge is 0.304 e. The Labute approximate surface area is 105 Å². The van der Waals surface area contributed by atoms with E-state index < -0.39 is 17.1 Å². The van der Waals surface area contributed by atoms with Gasteiger partial charge in [0.05, 0.1) is 0 Å². The lowest BCUT2D eigenvalue weighted by atomic mass is 9.94. The van der Waals surface area contributed by atoms with Crippen molar-refractivity contribution in [2.45, 2.75) is 50.1 Å². The third-order valence-corrected chi connectivity index (χ3v) is 3.60. The number of imide groups is 1. The van der Waals surface area contributed by atoms with Gasteiger partial charge in [0.1, 0.15) is 0 Å². The van der Waals surface area contributed by atoms with E-state index in [2.05, 4.69) is 17.9 Å². The summed E-state index contributed by atoms with van der Waals surface area (Å²) in [7, 11) is 0. The summed E-state index contributed by atoms with van der Waals surface area (Å²) < 4.78 is 0. The lowest BCUT2D eigenvalue weighted by Crippen LogP contribution is -2.69. The van der Waals surface area contributed by atoms with E-state index in [-0.39, 0.29) is 6.04 Å². The van der Waals surface area contributed by atoms with Crippen LogP contribution in [0.5, 0.6) is 0 Å². The highest BCUT2D eigenvalue weighted by Crippen LogP contribution is 2.28. The molecule has 1 saturated heterocycles. The van der Waals surface area contributed by atoms with E-state index in [1.807, 2.05) is 0 Å². The summed E-state index contributed by atoms with van der Waals surface area (Å²) in [6.07, 6.45) is 4.75. The number of thiol groups is 1. The molecule has 1 aliphatic heterocycles. The molecule has 2 fully saturated rings. The molecule has 2 aliphatic rings. The van der Waals surface area contributed by atoms with Crippen LogP contribution >= 0.6 is 12.6 Å². The van der Waals surface area contributed by atoms with Crippen LogP contribution in [-0.4, -0.2) is 38.3 Å². The van der Waals surface area contributed by atoms with Crippen molar-refractivity contribution in [1.82, 2.24) is 15.3 Å². The van der Waals surface area contributed by atoms with E-state index in [9.17, 15) is 14.8 Å². The van der Waals surface area contributed by atoms with Gasteiger partial charge in [-0.1, -0.05) is 19.3 Å². The second-order valence-corrected chi connectivity index (χ2v) is 5.58. The molecule has 2 rings (SSSR count). The number of hydroxylamine groups is 2. The summed E-state index contributed by atoms with van der Waals surface area (Å²) in [6.45, 7) is 1.45. The van der Waals surface area contributed by atoms with Crippen LogP contribution in [0.2, 0.25) is 0 Å². The number of nitrogens with one attached hydrogen (secondary N) is 1. The molecule has 96 valence electrons. The number of carbonyl (C=O) groups is 2. The van der Waals surface area contributed by atoms with Crippen LogP contribution in [0.25, 0.3) is 0 Å². The Bertz CT molecular complexity index is 342. The molecule has 1 unspecified atom stereocenters. The topological polar surface area (TPSA) is 72.9 Å². The van der Waals surface area contributed by atoms with Gasteiger partial charge in [0.15, 0.2) is 4.99 Å². The Hall–Kier alpha value is -0.950. The zero-order valence-corrected chi connectivity index (χ0v) is 10.6. The summed E-state index contributed by atoms with van der Waals surface area (Å²) in [5, 5.41) is 12.6. The molecule has 0 bridgehead atoms. The molecule has 2 N–H and O–H groups in total. The molecule has 1 saturated carbocycles. The number of nitrogens with zero attached hydrogens (tertiary/aromatic N) is 2. The quantitative estimate of drug-likeness (QED) is 0.496. The molecule has 0 aromatic carbocycles. The SMILES string of the molecule is CC1(S)NC(=O)N(C2CCCCC2)C(=O)N1O. The zero-order valence-electron chi connectivity index (χ0n) is 9.72. The number of carbonyl (C=O) groups excluding carboxylic acids is 2. The van der Waals surface area contributed by atoms with Crippen molar-refractivity contribution >= 4 is 24.7 Å². The van der Waals surface area contributed by atoms with Crippen molar-refractivity contribution in [3.05, 3.63) is 0 Å². The highest BCUT2D eigenvalue weighted by molar-refractivity contribution is 7.81. The van der Waals surface area contributed by atoms with Gasteiger partial charge >= 0.3 is 12.1 Å². The summed E-state index contributed by atoms with van der Waals surface area (Å²) in [5.41, 5.74) is 0. The van der Waals surface area contributed by atoms with Gasteiger partial charge in [0.25, 0.3) is 0 Å². The average Bonchev–Trinajstić information content (AvgIpc) is 2.27. The first-order valence-corrected chi connectivity index (χ1v) is 6.25. The molecule has 0 aromatic heterocycles. The third kappa shape index (κ3) is 2.21. The monoisotopic (exact) mass is 259 g/mol. The van der Waals surface area contributed by atoms with Gasteiger partial charge in [-0.2, -0.15) is 5.06 Å². The fourth-order valence-corrected chi connectivity index (χ4v) is 2.53. The Morgan fingerprint density at radius 2 is 1.94 bits per heavy atom. The zero-order chi connectivity index (χ0) is 12.6. The number of amides is 4. The largest absolute Gasteiger partial charge is 0.355 e. The van der Waals surface area contributed by atoms with Crippen LogP contribution < -0.4 is 5.32 Å². The van der Waals surface area contributed by atoms with Gasteiger partial charge in [0.2, 0.25) is 0 Å². The van der Waals surface area contributed by atoms with Gasteiger partial charge in [-0.25, -0.2) is 14.5 Å².